The van der Waals surface area contributed by atoms with Crippen molar-refractivity contribution in [3.63, 3.8) is 0 Å². The zero-order valence-corrected chi connectivity index (χ0v) is 20.4. The van der Waals surface area contributed by atoms with E-state index in [9.17, 15) is 18.3 Å². The van der Waals surface area contributed by atoms with Gasteiger partial charge in [-0.25, -0.2) is 23.1 Å². The molecule has 2 saturated heterocycles. The fourth-order valence-corrected chi connectivity index (χ4v) is 4.55. The van der Waals surface area contributed by atoms with Crippen molar-refractivity contribution >= 4 is 28.4 Å². The molecule has 11 nitrogen and oxygen atoms in total. The Morgan fingerprint density at radius 2 is 2.03 bits per heavy atom. The number of aromatic nitrogens is 6. The van der Waals surface area contributed by atoms with Crippen LogP contribution in [0.25, 0.3) is 27.9 Å². The Labute approximate surface area is 210 Å². The maximum absolute atomic E-state index is 12.9. The number of fused-ring (bicyclic) bond motifs is 2. The molecule has 0 amide bonds. The van der Waals surface area contributed by atoms with Crippen LogP contribution in [0.3, 0.4) is 0 Å². The average molecular weight is 520 g/mol. The van der Waals surface area contributed by atoms with Crippen molar-refractivity contribution in [2.24, 2.45) is 0 Å². The third-order valence-corrected chi connectivity index (χ3v) is 6.52. The van der Waals surface area contributed by atoms with Crippen molar-refractivity contribution in [3.8, 4) is 17.1 Å². The summed E-state index contributed by atoms with van der Waals surface area (Å²) >= 11 is 0. The van der Waals surface area contributed by atoms with Crippen LogP contribution in [0.1, 0.15) is 12.2 Å². The number of alkyl halides is 3. The summed E-state index contributed by atoms with van der Waals surface area (Å²) in [6.07, 6.45) is -2.40. The zero-order chi connectivity index (χ0) is 26.3. The van der Waals surface area contributed by atoms with Gasteiger partial charge in [0, 0.05) is 31.8 Å². The van der Waals surface area contributed by atoms with Crippen LogP contribution in [0.5, 0.6) is 5.88 Å². The van der Waals surface area contributed by atoms with Gasteiger partial charge in [-0.05, 0) is 25.5 Å². The Kier molecular flexibility index (Phi) is 6.77. The molecular formula is C23H28F3N9O2. The van der Waals surface area contributed by atoms with E-state index in [2.05, 4.69) is 30.3 Å². The normalized spacial score (nSPS) is 18.4. The van der Waals surface area contributed by atoms with Gasteiger partial charge in [-0.15, -0.1) is 5.10 Å². The predicted octanol–water partition coefficient (Wildman–Crippen LogP) is 2.47. The Hall–Kier alpha value is -3.65. The molecule has 37 heavy (non-hydrogen) atoms. The molecule has 6 rings (SSSR count). The fraction of sp³-hybridized carbons (Fsp3) is 0.478. The summed E-state index contributed by atoms with van der Waals surface area (Å²) in [5.74, 6) is 0.682. The molecule has 1 atom stereocenters. The summed E-state index contributed by atoms with van der Waals surface area (Å²) in [4.78, 5) is 15.1. The first-order valence-corrected chi connectivity index (χ1v) is 11.9. The number of nitrogens with two attached hydrogens (primary N) is 1. The molecule has 0 unspecified atom stereocenters. The van der Waals surface area contributed by atoms with E-state index < -0.39 is 19.1 Å². The van der Waals surface area contributed by atoms with Crippen LogP contribution >= 0.6 is 0 Å². The first kappa shape index (κ1) is 25.0. The highest BCUT2D eigenvalue weighted by molar-refractivity contribution is 5.89. The Balaban J connectivity index is 0.000000233. The van der Waals surface area contributed by atoms with Gasteiger partial charge in [0.15, 0.2) is 11.5 Å². The van der Waals surface area contributed by atoms with Crippen molar-refractivity contribution in [2.45, 2.75) is 38.5 Å². The van der Waals surface area contributed by atoms with Crippen LogP contribution < -0.4 is 11.1 Å². The highest BCUT2D eigenvalue weighted by Crippen LogP contribution is 2.33. The molecule has 0 aliphatic carbocycles. The molecule has 6 heterocycles. The van der Waals surface area contributed by atoms with E-state index in [0.29, 0.717) is 46.3 Å². The maximum atomic E-state index is 12.9. The van der Waals surface area contributed by atoms with Crippen molar-refractivity contribution in [1.82, 2.24) is 34.0 Å². The van der Waals surface area contributed by atoms with E-state index in [0.717, 1.165) is 26.2 Å². The van der Waals surface area contributed by atoms with Crippen molar-refractivity contribution in [2.75, 3.05) is 44.4 Å². The van der Waals surface area contributed by atoms with E-state index in [4.69, 9.17) is 10.5 Å². The maximum Gasteiger partial charge on any atom is 0.256 e. The number of likely N-dealkylation sites (tertiary alicyclic amines) is 1. The van der Waals surface area contributed by atoms with Gasteiger partial charge in [-0.3, -0.25) is 4.90 Å². The zero-order valence-electron chi connectivity index (χ0n) is 20.4. The standard InChI is InChI=1S/C16H16F2N8O.C7H12FNO/c1-7-21-10-4-3-9(22-15(10)25(7)6-11(17)18)8-5-12(27)26-13(8)14(19)23-16(20-2)24-26;8-6-1-2-9(3-6)7-4-10-5-7/h3-5,11,27H,6H2,1-2H3,(H3,19,20,23,24);6-7H,1-5H2/t;6-/m.1/s1. The molecule has 4 N–H and O–H groups in total. The van der Waals surface area contributed by atoms with Crippen molar-refractivity contribution < 1.29 is 23.0 Å². The number of hydrogen-bond donors (Lipinski definition) is 3. The third kappa shape index (κ3) is 4.85. The summed E-state index contributed by atoms with van der Waals surface area (Å²) < 4.78 is 46.1. The van der Waals surface area contributed by atoms with E-state index in [1.54, 1.807) is 26.1 Å². The number of halogens is 3. The van der Waals surface area contributed by atoms with Gasteiger partial charge in [-0.2, -0.15) is 9.50 Å². The number of anilines is 2. The van der Waals surface area contributed by atoms with Gasteiger partial charge in [-0.1, -0.05) is 0 Å². The Morgan fingerprint density at radius 1 is 1.24 bits per heavy atom. The number of hydrogen-bond acceptors (Lipinski definition) is 9. The minimum Gasteiger partial charge on any atom is -0.493 e. The molecule has 0 bridgehead atoms. The number of ether oxygens (including phenoxy) is 1. The van der Waals surface area contributed by atoms with Crippen LogP contribution in [0, 0.1) is 6.92 Å². The first-order chi connectivity index (χ1) is 17.7. The van der Waals surface area contributed by atoms with Crippen LogP contribution in [-0.2, 0) is 11.3 Å². The highest BCUT2D eigenvalue weighted by Gasteiger charge is 2.32. The predicted molar refractivity (Wildman–Crippen MR) is 132 cm³/mol. The first-order valence-electron chi connectivity index (χ1n) is 11.9. The van der Waals surface area contributed by atoms with Gasteiger partial charge in [0.05, 0.1) is 31.5 Å². The van der Waals surface area contributed by atoms with Gasteiger partial charge in [0.25, 0.3) is 6.43 Å². The van der Waals surface area contributed by atoms with Gasteiger partial charge in [0.1, 0.15) is 23.0 Å². The van der Waals surface area contributed by atoms with E-state index >= 15 is 0 Å². The molecule has 0 saturated carbocycles. The summed E-state index contributed by atoms with van der Waals surface area (Å²) in [6, 6.07) is 5.35. The molecule has 2 aliphatic rings. The van der Waals surface area contributed by atoms with Gasteiger partial charge >= 0.3 is 0 Å². The third-order valence-electron chi connectivity index (χ3n) is 6.52. The largest absolute Gasteiger partial charge is 0.493 e. The molecule has 4 aromatic heterocycles. The molecule has 0 spiro atoms. The highest BCUT2D eigenvalue weighted by atomic mass is 19.3. The molecule has 14 heteroatoms. The molecule has 0 aromatic carbocycles. The molecule has 2 aliphatic heterocycles. The smallest absolute Gasteiger partial charge is 0.256 e. The summed E-state index contributed by atoms with van der Waals surface area (Å²) in [5.41, 5.74) is 8.15. The molecule has 4 aromatic rings. The summed E-state index contributed by atoms with van der Waals surface area (Å²) in [6.45, 7) is 4.33. The quantitative estimate of drug-likeness (QED) is 0.364. The number of pyridine rings is 1. The number of nitrogens with zero attached hydrogens (tertiary/aromatic N) is 7. The molecule has 0 radical (unpaired) electrons. The van der Waals surface area contributed by atoms with Crippen LogP contribution in [0.4, 0.5) is 24.9 Å². The lowest BCUT2D eigenvalue weighted by molar-refractivity contribution is -0.0584. The average Bonchev–Trinajstić information content (AvgIpc) is 3.48. The van der Waals surface area contributed by atoms with E-state index in [1.165, 1.54) is 15.1 Å². The molecule has 198 valence electrons. The second-order valence-corrected chi connectivity index (χ2v) is 9.02. The number of aryl methyl sites for hydroxylation is 1. The van der Waals surface area contributed by atoms with Gasteiger partial charge in [0.2, 0.25) is 11.8 Å². The molecule has 2 fully saturated rings. The second kappa shape index (κ2) is 10.0. The van der Waals surface area contributed by atoms with Crippen LogP contribution in [0.15, 0.2) is 18.2 Å². The van der Waals surface area contributed by atoms with Crippen LogP contribution in [-0.4, -0.2) is 91.1 Å². The van der Waals surface area contributed by atoms with E-state index in [-0.39, 0.29) is 17.6 Å². The minimum absolute atomic E-state index is 0.142. The van der Waals surface area contributed by atoms with Crippen molar-refractivity contribution in [1.29, 1.82) is 0 Å². The minimum atomic E-state index is -2.53. The lowest BCUT2D eigenvalue weighted by atomic mass is 10.2. The monoisotopic (exact) mass is 519 g/mol. The topological polar surface area (TPSA) is 132 Å². The number of nitrogens with one attached hydrogen (secondary N) is 1. The summed E-state index contributed by atoms with van der Waals surface area (Å²) in [5, 5.41) is 17.1. The lowest BCUT2D eigenvalue weighted by Crippen LogP contribution is -2.47. The molecular weight excluding hydrogens is 491 g/mol. The SMILES string of the molecule is CNc1nc(N)c2c(-c3ccc4nc(C)n(CC(F)F)c4n3)cc(O)n2n1.F[C@@H]1CCN(C2COC2)C1. The number of imidazole rings is 1. The van der Waals surface area contributed by atoms with Crippen molar-refractivity contribution in [3.05, 3.63) is 24.0 Å². The Bertz CT molecular complexity index is 1420. The number of nitrogen functional groups attached to an aromatic ring is 1. The van der Waals surface area contributed by atoms with Gasteiger partial charge < -0.3 is 25.5 Å². The van der Waals surface area contributed by atoms with Crippen LogP contribution in [0.2, 0.25) is 0 Å². The number of rotatable bonds is 5. The Morgan fingerprint density at radius 3 is 2.65 bits per heavy atom. The van der Waals surface area contributed by atoms with E-state index in [1.807, 2.05) is 0 Å². The second-order valence-electron chi connectivity index (χ2n) is 9.02. The lowest BCUT2D eigenvalue weighted by Gasteiger charge is -2.34. The number of aromatic hydroxyl groups is 1. The fourth-order valence-electron chi connectivity index (χ4n) is 4.55. The summed E-state index contributed by atoms with van der Waals surface area (Å²) in [7, 11) is 1.63.